The topological polar surface area (TPSA) is 78.4 Å². The Morgan fingerprint density at radius 2 is 2.00 bits per heavy atom. The van der Waals surface area contributed by atoms with Crippen LogP contribution in [0.2, 0.25) is 0 Å². The van der Waals surface area contributed by atoms with Crippen LogP contribution in [0.5, 0.6) is 0 Å². The molecular formula is C13H20N2O3. The van der Waals surface area contributed by atoms with Gasteiger partial charge in [-0.3, -0.25) is 10.1 Å². The Balaban J connectivity index is 2.34. The molecule has 0 aliphatic rings. The third-order valence-corrected chi connectivity index (χ3v) is 2.92. The summed E-state index contributed by atoms with van der Waals surface area (Å²) in [5.41, 5.74) is 6.80. The van der Waals surface area contributed by atoms with Crippen molar-refractivity contribution in [1.82, 2.24) is 0 Å². The van der Waals surface area contributed by atoms with E-state index in [0.717, 1.165) is 18.4 Å². The van der Waals surface area contributed by atoms with Crippen molar-refractivity contribution in [2.24, 2.45) is 5.73 Å². The standard InChI is InChI=1S/C13H20N2O3/c1-3-13(2,14)10-18-9-8-11-4-6-12(7-5-11)15(16)17/h4-7H,3,8-10,14H2,1-2H3. The van der Waals surface area contributed by atoms with Gasteiger partial charge < -0.3 is 10.5 Å². The minimum absolute atomic E-state index is 0.111. The lowest BCUT2D eigenvalue weighted by Gasteiger charge is -2.22. The summed E-state index contributed by atoms with van der Waals surface area (Å²) in [7, 11) is 0. The fourth-order valence-corrected chi connectivity index (χ4v) is 1.38. The van der Waals surface area contributed by atoms with Gasteiger partial charge in [0.05, 0.1) is 18.1 Å². The van der Waals surface area contributed by atoms with Gasteiger partial charge in [-0.2, -0.15) is 0 Å². The number of nitrogens with zero attached hydrogens (tertiary/aromatic N) is 1. The number of hydrogen-bond acceptors (Lipinski definition) is 4. The lowest BCUT2D eigenvalue weighted by Crippen LogP contribution is -2.40. The summed E-state index contributed by atoms with van der Waals surface area (Å²) in [6, 6.07) is 6.52. The summed E-state index contributed by atoms with van der Waals surface area (Å²) in [6.07, 6.45) is 1.60. The first-order valence-electron chi connectivity index (χ1n) is 6.04. The number of hydrogen-bond donors (Lipinski definition) is 1. The Morgan fingerprint density at radius 1 is 1.39 bits per heavy atom. The summed E-state index contributed by atoms with van der Waals surface area (Å²) >= 11 is 0. The second-order valence-electron chi connectivity index (χ2n) is 4.73. The minimum atomic E-state index is -0.401. The zero-order valence-corrected chi connectivity index (χ0v) is 10.9. The Labute approximate surface area is 107 Å². The van der Waals surface area contributed by atoms with Gasteiger partial charge in [0.2, 0.25) is 0 Å². The number of nitro groups is 1. The molecule has 0 spiro atoms. The Bertz CT molecular complexity index is 388. The monoisotopic (exact) mass is 252 g/mol. The van der Waals surface area contributed by atoms with Crippen LogP contribution in [0.25, 0.3) is 0 Å². The molecule has 0 saturated carbocycles. The summed E-state index contributed by atoms with van der Waals surface area (Å²) in [4.78, 5) is 10.1. The number of rotatable bonds is 7. The molecule has 1 atom stereocenters. The van der Waals surface area contributed by atoms with Crippen LogP contribution in [0, 0.1) is 10.1 Å². The molecule has 1 aromatic carbocycles. The fraction of sp³-hybridized carbons (Fsp3) is 0.538. The van der Waals surface area contributed by atoms with Crippen LogP contribution in [-0.2, 0) is 11.2 Å². The van der Waals surface area contributed by atoms with Gasteiger partial charge in [-0.25, -0.2) is 0 Å². The van der Waals surface area contributed by atoms with E-state index in [1.54, 1.807) is 12.1 Å². The number of ether oxygens (including phenoxy) is 1. The molecule has 0 aromatic heterocycles. The van der Waals surface area contributed by atoms with Crippen molar-refractivity contribution in [2.75, 3.05) is 13.2 Å². The highest BCUT2D eigenvalue weighted by Gasteiger charge is 2.15. The average molecular weight is 252 g/mol. The molecule has 2 N–H and O–H groups in total. The van der Waals surface area contributed by atoms with Gasteiger partial charge >= 0.3 is 0 Å². The van der Waals surface area contributed by atoms with Crippen LogP contribution in [0.15, 0.2) is 24.3 Å². The quantitative estimate of drug-likeness (QED) is 0.458. The zero-order valence-electron chi connectivity index (χ0n) is 10.9. The van der Waals surface area contributed by atoms with E-state index in [4.69, 9.17) is 10.5 Å². The van der Waals surface area contributed by atoms with Crippen molar-refractivity contribution in [3.63, 3.8) is 0 Å². The maximum absolute atomic E-state index is 10.5. The molecule has 0 fully saturated rings. The molecule has 0 amide bonds. The third kappa shape index (κ3) is 4.81. The molecule has 0 aliphatic carbocycles. The van der Waals surface area contributed by atoms with Gasteiger partial charge in [0.15, 0.2) is 0 Å². The van der Waals surface area contributed by atoms with Crippen molar-refractivity contribution >= 4 is 5.69 Å². The van der Waals surface area contributed by atoms with Crippen molar-refractivity contribution in [3.05, 3.63) is 39.9 Å². The largest absolute Gasteiger partial charge is 0.379 e. The Kier molecular flexibility index (Phi) is 5.25. The SMILES string of the molecule is CCC(C)(N)COCCc1ccc([N+](=O)[O-])cc1. The lowest BCUT2D eigenvalue weighted by molar-refractivity contribution is -0.384. The summed E-state index contributed by atoms with van der Waals surface area (Å²) in [6.45, 7) is 5.08. The van der Waals surface area contributed by atoms with Crippen molar-refractivity contribution < 1.29 is 9.66 Å². The van der Waals surface area contributed by atoms with E-state index < -0.39 is 4.92 Å². The first-order valence-corrected chi connectivity index (χ1v) is 6.04. The Morgan fingerprint density at radius 3 is 2.50 bits per heavy atom. The number of nitro benzene ring substituents is 1. The molecule has 0 bridgehead atoms. The molecule has 1 rings (SSSR count). The van der Waals surface area contributed by atoms with Crippen LogP contribution in [0.3, 0.4) is 0 Å². The molecule has 0 saturated heterocycles. The summed E-state index contributed by atoms with van der Waals surface area (Å²) in [5, 5.41) is 10.5. The van der Waals surface area contributed by atoms with E-state index in [1.165, 1.54) is 12.1 Å². The van der Waals surface area contributed by atoms with E-state index in [-0.39, 0.29) is 11.2 Å². The van der Waals surface area contributed by atoms with E-state index >= 15 is 0 Å². The van der Waals surface area contributed by atoms with Crippen molar-refractivity contribution in [1.29, 1.82) is 0 Å². The Hall–Kier alpha value is -1.46. The first-order chi connectivity index (χ1) is 8.44. The van der Waals surface area contributed by atoms with Crippen molar-refractivity contribution in [3.8, 4) is 0 Å². The molecule has 0 aliphatic heterocycles. The summed E-state index contributed by atoms with van der Waals surface area (Å²) < 4.78 is 5.51. The molecular weight excluding hydrogens is 232 g/mol. The van der Waals surface area contributed by atoms with Gasteiger partial charge in [0, 0.05) is 17.7 Å². The zero-order chi connectivity index (χ0) is 13.6. The van der Waals surface area contributed by atoms with Gasteiger partial charge in [0.1, 0.15) is 0 Å². The maximum Gasteiger partial charge on any atom is 0.269 e. The van der Waals surface area contributed by atoms with Gasteiger partial charge in [-0.15, -0.1) is 0 Å². The van der Waals surface area contributed by atoms with E-state index in [9.17, 15) is 10.1 Å². The molecule has 0 radical (unpaired) electrons. The number of nitrogens with two attached hydrogens (primary N) is 1. The van der Waals surface area contributed by atoms with E-state index in [0.29, 0.717) is 13.2 Å². The molecule has 5 heteroatoms. The highest BCUT2D eigenvalue weighted by molar-refractivity contribution is 5.32. The highest BCUT2D eigenvalue weighted by atomic mass is 16.6. The van der Waals surface area contributed by atoms with Gasteiger partial charge in [-0.1, -0.05) is 19.1 Å². The van der Waals surface area contributed by atoms with Crippen LogP contribution < -0.4 is 5.73 Å². The minimum Gasteiger partial charge on any atom is -0.379 e. The van der Waals surface area contributed by atoms with E-state index in [2.05, 4.69) is 0 Å². The highest BCUT2D eigenvalue weighted by Crippen LogP contribution is 2.12. The molecule has 18 heavy (non-hydrogen) atoms. The van der Waals surface area contributed by atoms with Crippen LogP contribution in [-0.4, -0.2) is 23.7 Å². The summed E-state index contributed by atoms with van der Waals surface area (Å²) in [5.74, 6) is 0. The average Bonchev–Trinajstić information content (AvgIpc) is 2.35. The second-order valence-corrected chi connectivity index (χ2v) is 4.73. The molecule has 1 aromatic rings. The maximum atomic E-state index is 10.5. The molecule has 0 heterocycles. The lowest BCUT2D eigenvalue weighted by atomic mass is 10.0. The predicted molar refractivity (Wildman–Crippen MR) is 70.5 cm³/mol. The van der Waals surface area contributed by atoms with Crippen LogP contribution in [0.1, 0.15) is 25.8 Å². The third-order valence-electron chi connectivity index (χ3n) is 2.92. The second kappa shape index (κ2) is 6.47. The number of non-ortho nitro benzene ring substituents is 1. The van der Waals surface area contributed by atoms with Crippen LogP contribution >= 0.6 is 0 Å². The first kappa shape index (κ1) is 14.6. The van der Waals surface area contributed by atoms with E-state index in [1.807, 2.05) is 13.8 Å². The van der Waals surface area contributed by atoms with Crippen molar-refractivity contribution in [2.45, 2.75) is 32.2 Å². The predicted octanol–water partition coefficient (Wildman–Crippen LogP) is 2.28. The number of benzene rings is 1. The van der Waals surface area contributed by atoms with Crippen LogP contribution in [0.4, 0.5) is 5.69 Å². The fourth-order valence-electron chi connectivity index (χ4n) is 1.38. The molecule has 5 nitrogen and oxygen atoms in total. The van der Waals surface area contributed by atoms with Gasteiger partial charge in [0.25, 0.3) is 5.69 Å². The molecule has 100 valence electrons. The van der Waals surface area contributed by atoms with Gasteiger partial charge in [-0.05, 0) is 25.3 Å². The normalized spacial score (nSPS) is 14.2. The smallest absolute Gasteiger partial charge is 0.269 e. The molecule has 1 unspecified atom stereocenters.